The lowest BCUT2D eigenvalue weighted by atomic mass is 10.0. The molecule has 1 heterocycles. The number of hydrogen-bond acceptors (Lipinski definition) is 2. The van der Waals surface area contributed by atoms with Gasteiger partial charge in [-0.3, -0.25) is 0 Å². The monoisotopic (exact) mass is 309 g/mol. The summed E-state index contributed by atoms with van der Waals surface area (Å²) in [5.41, 5.74) is 1.71. The summed E-state index contributed by atoms with van der Waals surface area (Å²) in [4.78, 5) is 2.00. The van der Waals surface area contributed by atoms with Crippen LogP contribution in [0.5, 0.6) is 5.75 Å². The Morgan fingerprint density at radius 1 is 1.36 bits per heavy atom. The van der Waals surface area contributed by atoms with Crippen molar-refractivity contribution in [2.75, 3.05) is 20.2 Å². The predicted octanol–water partition coefficient (Wildman–Crippen LogP) is 4.09. The summed E-state index contributed by atoms with van der Waals surface area (Å²) in [6.07, 6.45) is 6.29. The molecule has 0 bridgehead atoms. The molecule has 0 spiro atoms. The molecule has 118 valence electrons. The van der Waals surface area contributed by atoms with Gasteiger partial charge >= 0.3 is 0 Å². The summed E-state index contributed by atoms with van der Waals surface area (Å²) < 4.78 is 44.3. The molecule has 1 fully saturated rings. The Kier molecular flexibility index (Phi) is 3.89. The average molecular weight is 309 g/mol. The van der Waals surface area contributed by atoms with E-state index in [1.165, 1.54) is 13.2 Å². The van der Waals surface area contributed by atoms with Gasteiger partial charge in [-0.05, 0) is 42.0 Å². The van der Waals surface area contributed by atoms with Crippen molar-refractivity contribution < 1.29 is 17.9 Å². The van der Waals surface area contributed by atoms with E-state index in [1.807, 2.05) is 23.3 Å². The van der Waals surface area contributed by atoms with Crippen molar-refractivity contribution in [3.63, 3.8) is 0 Å². The van der Waals surface area contributed by atoms with E-state index >= 15 is 0 Å². The molecule has 2 nitrogen and oxygen atoms in total. The summed E-state index contributed by atoms with van der Waals surface area (Å²) in [6.45, 7) is 1.27. The number of allylic oxidation sites excluding steroid dienone is 2. The third-order valence-electron chi connectivity index (χ3n) is 4.22. The molecule has 3 rings (SSSR count). The number of rotatable bonds is 5. The summed E-state index contributed by atoms with van der Waals surface area (Å²) in [7, 11) is 1.43. The fourth-order valence-corrected chi connectivity index (χ4v) is 2.66. The molecular weight excluding hydrogens is 291 g/mol. The van der Waals surface area contributed by atoms with Crippen molar-refractivity contribution in [1.29, 1.82) is 0 Å². The van der Waals surface area contributed by atoms with Crippen molar-refractivity contribution in [3.05, 3.63) is 47.9 Å². The standard InChI is InChI=1S/C17H18F3NO/c1-22-16-3-2-13(10-15(16)18)12-4-7-21(8-5-12)9-6-14-11-17(14,19)20/h2-5,7,10,14H,6,8-9,11H2,1H3. The molecule has 0 aromatic heterocycles. The number of methoxy groups -OCH3 is 1. The van der Waals surface area contributed by atoms with E-state index in [-0.39, 0.29) is 12.2 Å². The molecular formula is C17H18F3NO. The number of nitrogens with zero attached hydrogens (tertiary/aromatic N) is 1. The predicted molar refractivity (Wildman–Crippen MR) is 79.3 cm³/mol. The first-order valence-corrected chi connectivity index (χ1v) is 7.34. The topological polar surface area (TPSA) is 12.5 Å². The van der Waals surface area contributed by atoms with Crippen molar-refractivity contribution in [2.45, 2.75) is 18.8 Å². The lowest BCUT2D eigenvalue weighted by Gasteiger charge is -2.22. The zero-order valence-corrected chi connectivity index (χ0v) is 12.4. The summed E-state index contributed by atoms with van der Waals surface area (Å²) in [5.74, 6) is -3.08. The van der Waals surface area contributed by atoms with Crippen LogP contribution in [0.2, 0.25) is 0 Å². The Hall–Kier alpha value is -1.91. The second-order valence-electron chi connectivity index (χ2n) is 5.77. The summed E-state index contributed by atoms with van der Waals surface area (Å²) in [6, 6.07) is 4.84. The minimum Gasteiger partial charge on any atom is -0.494 e. The van der Waals surface area contributed by atoms with E-state index in [4.69, 9.17) is 4.74 Å². The first-order valence-electron chi connectivity index (χ1n) is 7.34. The van der Waals surface area contributed by atoms with Gasteiger partial charge in [0.25, 0.3) is 5.92 Å². The molecule has 1 saturated carbocycles. The Bertz CT molecular complexity index is 624. The lowest BCUT2D eigenvalue weighted by molar-refractivity contribution is 0.0953. The highest BCUT2D eigenvalue weighted by Crippen LogP contribution is 2.50. The van der Waals surface area contributed by atoms with Gasteiger partial charge in [0.1, 0.15) is 0 Å². The molecule has 5 heteroatoms. The maximum atomic E-state index is 13.7. The Balaban J connectivity index is 1.57. The van der Waals surface area contributed by atoms with E-state index in [0.29, 0.717) is 19.5 Å². The molecule has 1 aliphatic carbocycles. The normalized spacial score (nSPS) is 22.5. The smallest absolute Gasteiger partial charge is 0.251 e. The fourth-order valence-electron chi connectivity index (χ4n) is 2.66. The number of alkyl halides is 2. The number of ether oxygens (including phenoxy) is 1. The molecule has 1 atom stereocenters. The first kappa shape index (κ1) is 15.0. The fraction of sp³-hybridized carbons (Fsp3) is 0.412. The molecule has 1 aromatic rings. The van der Waals surface area contributed by atoms with Gasteiger partial charge in [0.2, 0.25) is 0 Å². The van der Waals surface area contributed by atoms with Crippen molar-refractivity contribution in [3.8, 4) is 5.75 Å². The number of hydrogen-bond donors (Lipinski definition) is 0. The van der Waals surface area contributed by atoms with Gasteiger partial charge in [-0.2, -0.15) is 0 Å². The van der Waals surface area contributed by atoms with Gasteiger partial charge < -0.3 is 9.64 Å². The molecule has 1 aliphatic heterocycles. The number of halogens is 3. The zero-order valence-electron chi connectivity index (χ0n) is 12.4. The van der Waals surface area contributed by atoms with Crippen LogP contribution in [-0.2, 0) is 0 Å². The summed E-state index contributed by atoms with van der Waals surface area (Å²) >= 11 is 0. The van der Waals surface area contributed by atoms with E-state index in [9.17, 15) is 13.2 Å². The van der Waals surface area contributed by atoms with Crippen LogP contribution in [0.1, 0.15) is 18.4 Å². The van der Waals surface area contributed by atoms with Gasteiger partial charge in [-0.1, -0.05) is 12.1 Å². The van der Waals surface area contributed by atoms with Crippen LogP contribution in [0.25, 0.3) is 5.57 Å². The van der Waals surface area contributed by atoms with Gasteiger partial charge in [-0.15, -0.1) is 0 Å². The van der Waals surface area contributed by atoms with Crippen molar-refractivity contribution in [2.24, 2.45) is 5.92 Å². The zero-order chi connectivity index (χ0) is 15.7. The van der Waals surface area contributed by atoms with Crippen LogP contribution < -0.4 is 4.74 Å². The second-order valence-corrected chi connectivity index (χ2v) is 5.77. The van der Waals surface area contributed by atoms with E-state index in [1.54, 1.807) is 12.1 Å². The largest absolute Gasteiger partial charge is 0.494 e. The van der Waals surface area contributed by atoms with Gasteiger partial charge in [0, 0.05) is 25.4 Å². The quantitative estimate of drug-likeness (QED) is 0.812. The van der Waals surface area contributed by atoms with Crippen LogP contribution in [0.4, 0.5) is 13.2 Å². The third kappa shape index (κ3) is 3.13. The van der Waals surface area contributed by atoms with E-state index in [2.05, 4.69) is 0 Å². The highest BCUT2D eigenvalue weighted by molar-refractivity contribution is 5.75. The Morgan fingerprint density at radius 2 is 2.14 bits per heavy atom. The molecule has 0 N–H and O–H groups in total. The SMILES string of the molecule is COc1ccc(C2=CCN(CCC3CC3(F)F)C=C2)cc1F. The van der Waals surface area contributed by atoms with Crippen LogP contribution in [0.3, 0.4) is 0 Å². The maximum absolute atomic E-state index is 13.7. The Labute approximate surface area is 127 Å². The maximum Gasteiger partial charge on any atom is 0.251 e. The Morgan fingerprint density at radius 3 is 2.68 bits per heavy atom. The minimum atomic E-state index is -2.44. The second kappa shape index (κ2) is 5.71. The third-order valence-corrected chi connectivity index (χ3v) is 4.22. The lowest BCUT2D eigenvalue weighted by Crippen LogP contribution is -2.21. The molecule has 1 aromatic carbocycles. The van der Waals surface area contributed by atoms with Crippen LogP contribution in [-0.4, -0.2) is 31.0 Å². The molecule has 0 amide bonds. The number of benzene rings is 1. The van der Waals surface area contributed by atoms with Crippen LogP contribution in [0.15, 0.2) is 36.6 Å². The molecule has 2 aliphatic rings. The first-order chi connectivity index (χ1) is 10.5. The average Bonchev–Trinajstić information content (AvgIpc) is 3.13. The van der Waals surface area contributed by atoms with Crippen LogP contribution in [0, 0.1) is 11.7 Å². The molecule has 22 heavy (non-hydrogen) atoms. The van der Waals surface area contributed by atoms with Crippen molar-refractivity contribution >= 4 is 5.57 Å². The van der Waals surface area contributed by atoms with Crippen molar-refractivity contribution in [1.82, 2.24) is 4.90 Å². The molecule has 1 unspecified atom stereocenters. The highest BCUT2D eigenvalue weighted by Gasteiger charge is 2.56. The highest BCUT2D eigenvalue weighted by atomic mass is 19.3. The van der Waals surface area contributed by atoms with Gasteiger partial charge in [0.05, 0.1) is 7.11 Å². The van der Waals surface area contributed by atoms with Gasteiger partial charge in [-0.25, -0.2) is 13.2 Å². The van der Waals surface area contributed by atoms with Gasteiger partial charge in [0.15, 0.2) is 11.6 Å². The molecule has 0 radical (unpaired) electrons. The molecule has 0 saturated heterocycles. The van der Waals surface area contributed by atoms with Crippen LogP contribution >= 0.6 is 0 Å². The minimum absolute atomic E-state index is 0.0246. The van der Waals surface area contributed by atoms with E-state index in [0.717, 1.165) is 11.1 Å². The van der Waals surface area contributed by atoms with E-state index < -0.39 is 17.7 Å². The summed E-state index contributed by atoms with van der Waals surface area (Å²) in [5, 5.41) is 0.